The van der Waals surface area contributed by atoms with Crippen LogP contribution in [0.2, 0.25) is 0 Å². The molecular formula is C11H11NOS. The van der Waals surface area contributed by atoms with Gasteiger partial charge in [-0.15, -0.1) is 0 Å². The summed E-state index contributed by atoms with van der Waals surface area (Å²) in [6.45, 7) is 1.92. The fraction of sp³-hybridized carbons (Fsp3) is 0.182. The summed E-state index contributed by atoms with van der Waals surface area (Å²) in [4.78, 5) is 4.30. The summed E-state index contributed by atoms with van der Waals surface area (Å²) in [5, 5.41) is 13.3. The van der Waals surface area contributed by atoms with Crippen molar-refractivity contribution in [2.24, 2.45) is 0 Å². The molecule has 0 spiro atoms. The molecule has 3 heteroatoms. The Kier molecular flexibility index (Phi) is 2.61. The van der Waals surface area contributed by atoms with Gasteiger partial charge in [0.2, 0.25) is 0 Å². The molecule has 0 aromatic carbocycles. The van der Waals surface area contributed by atoms with Crippen LogP contribution in [0.3, 0.4) is 0 Å². The first-order valence-electron chi connectivity index (χ1n) is 4.41. The topological polar surface area (TPSA) is 33.1 Å². The van der Waals surface area contributed by atoms with Crippen LogP contribution in [-0.4, -0.2) is 10.1 Å². The van der Waals surface area contributed by atoms with Crippen molar-refractivity contribution in [1.29, 1.82) is 0 Å². The molecule has 0 unspecified atom stereocenters. The highest BCUT2D eigenvalue weighted by Crippen LogP contribution is 2.24. The van der Waals surface area contributed by atoms with Crippen molar-refractivity contribution in [3.8, 4) is 11.1 Å². The van der Waals surface area contributed by atoms with Gasteiger partial charge in [-0.3, -0.25) is 4.98 Å². The van der Waals surface area contributed by atoms with Crippen molar-refractivity contribution in [2.75, 3.05) is 0 Å². The maximum atomic E-state index is 9.18. The van der Waals surface area contributed by atoms with E-state index in [2.05, 4.69) is 10.4 Å². The van der Waals surface area contributed by atoms with Crippen LogP contribution in [0.1, 0.15) is 11.4 Å². The predicted octanol–water partition coefficient (Wildman–Crippen LogP) is 2.61. The molecule has 72 valence electrons. The maximum absolute atomic E-state index is 9.18. The minimum Gasteiger partial charge on any atom is -0.390 e. The summed E-state index contributed by atoms with van der Waals surface area (Å²) in [6, 6.07) is 6.01. The molecule has 14 heavy (non-hydrogen) atoms. The number of aryl methyl sites for hydroxylation is 1. The molecule has 2 rings (SSSR count). The van der Waals surface area contributed by atoms with E-state index in [4.69, 9.17) is 0 Å². The van der Waals surface area contributed by atoms with Crippen LogP contribution in [0, 0.1) is 6.92 Å². The van der Waals surface area contributed by atoms with Gasteiger partial charge in [-0.05, 0) is 35.4 Å². The molecule has 0 saturated heterocycles. The lowest BCUT2D eigenvalue weighted by Crippen LogP contribution is -1.94. The van der Waals surface area contributed by atoms with Gasteiger partial charge in [0.1, 0.15) is 0 Å². The largest absolute Gasteiger partial charge is 0.390 e. The second-order valence-corrected chi connectivity index (χ2v) is 3.90. The minimum absolute atomic E-state index is 0.00708. The predicted molar refractivity (Wildman–Crippen MR) is 58.2 cm³/mol. The average molecular weight is 205 g/mol. The first-order valence-corrected chi connectivity index (χ1v) is 5.35. The molecule has 0 atom stereocenters. The lowest BCUT2D eigenvalue weighted by Gasteiger charge is -2.05. The van der Waals surface area contributed by atoms with E-state index in [1.165, 1.54) is 0 Å². The number of thiophene rings is 1. The molecule has 0 bridgehead atoms. The lowest BCUT2D eigenvalue weighted by molar-refractivity contribution is 0.277. The normalized spacial score (nSPS) is 10.4. The quantitative estimate of drug-likeness (QED) is 0.817. The molecule has 2 aromatic heterocycles. The Labute approximate surface area is 86.9 Å². The summed E-state index contributed by atoms with van der Waals surface area (Å²) < 4.78 is 0. The van der Waals surface area contributed by atoms with Gasteiger partial charge in [-0.1, -0.05) is 6.07 Å². The highest BCUT2D eigenvalue weighted by Gasteiger charge is 2.05. The fourth-order valence-corrected chi connectivity index (χ4v) is 2.07. The van der Waals surface area contributed by atoms with E-state index in [0.717, 1.165) is 22.5 Å². The number of aliphatic hydroxyl groups is 1. The third-order valence-corrected chi connectivity index (χ3v) is 2.78. The summed E-state index contributed by atoms with van der Waals surface area (Å²) in [5.41, 5.74) is 3.85. The van der Waals surface area contributed by atoms with E-state index in [1.807, 2.05) is 30.5 Å². The molecule has 2 aromatic rings. The van der Waals surface area contributed by atoms with Crippen LogP contribution in [0.15, 0.2) is 29.0 Å². The molecule has 0 aliphatic carbocycles. The van der Waals surface area contributed by atoms with Gasteiger partial charge in [0.25, 0.3) is 0 Å². The van der Waals surface area contributed by atoms with Crippen molar-refractivity contribution < 1.29 is 5.11 Å². The number of nitrogens with zero attached hydrogens (tertiary/aromatic N) is 1. The smallest absolute Gasteiger partial charge is 0.0859 e. The van der Waals surface area contributed by atoms with Gasteiger partial charge in [0, 0.05) is 11.3 Å². The summed E-state index contributed by atoms with van der Waals surface area (Å²) in [7, 11) is 0. The third-order valence-electron chi connectivity index (χ3n) is 2.10. The highest BCUT2D eigenvalue weighted by molar-refractivity contribution is 7.08. The Morgan fingerprint density at radius 2 is 2.21 bits per heavy atom. The molecule has 0 amide bonds. The molecule has 0 aliphatic heterocycles. The summed E-state index contributed by atoms with van der Waals surface area (Å²) >= 11 is 1.65. The van der Waals surface area contributed by atoms with Crippen LogP contribution >= 0.6 is 11.3 Å². The van der Waals surface area contributed by atoms with E-state index >= 15 is 0 Å². The Balaban J connectivity index is 2.53. The van der Waals surface area contributed by atoms with Crippen molar-refractivity contribution in [2.45, 2.75) is 13.5 Å². The van der Waals surface area contributed by atoms with Crippen molar-refractivity contribution in [3.63, 3.8) is 0 Å². The van der Waals surface area contributed by atoms with Gasteiger partial charge in [0.05, 0.1) is 12.3 Å². The van der Waals surface area contributed by atoms with E-state index in [-0.39, 0.29) is 6.61 Å². The Hall–Kier alpha value is -1.19. The zero-order chi connectivity index (χ0) is 9.97. The average Bonchev–Trinajstić information content (AvgIpc) is 2.70. The lowest BCUT2D eigenvalue weighted by atomic mass is 10.1. The number of hydrogen-bond acceptors (Lipinski definition) is 3. The maximum Gasteiger partial charge on any atom is 0.0859 e. The molecule has 0 aliphatic rings. The van der Waals surface area contributed by atoms with Crippen LogP contribution < -0.4 is 0 Å². The van der Waals surface area contributed by atoms with E-state index in [1.54, 1.807) is 11.3 Å². The van der Waals surface area contributed by atoms with Gasteiger partial charge in [-0.25, -0.2) is 0 Å². The number of aliphatic hydroxyl groups excluding tert-OH is 1. The monoisotopic (exact) mass is 205 g/mol. The zero-order valence-corrected chi connectivity index (χ0v) is 8.71. The molecular weight excluding hydrogens is 194 g/mol. The van der Waals surface area contributed by atoms with E-state index in [0.29, 0.717) is 0 Å². The second-order valence-electron chi connectivity index (χ2n) is 3.12. The number of hydrogen-bond donors (Lipinski definition) is 1. The summed E-state index contributed by atoms with van der Waals surface area (Å²) in [6.07, 6.45) is 0. The molecule has 1 N–H and O–H groups in total. The first-order chi connectivity index (χ1) is 6.81. The fourth-order valence-electron chi connectivity index (χ4n) is 1.41. The minimum atomic E-state index is -0.00708. The summed E-state index contributed by atoms with van der Waals surface area (Å²) in [5.74, 6) is 0. The van der Waals surface area contributed by atoms with Gasteiger partial charge in [0.15, 0.2) is 0 Å². The second kappa shape index (κ2) is 3.90. The van der Waals surface area contributed by atoms with E-state index in [9.17, 15) is 5.11 Å². The van der Waals surface area contributed by atoms with Crippen LogP contribution in [0.25, 0.3) is 11.1 Å². The van der Waals surface area contributed by atoms with Gasteiger partial charge < -0.3 is 5.11 Å². The van der Waals surface area contributed by atoms with Crippen LogP contribution in [0.4, 0.5) is 0 Å². The van der Waals surface area contributed by atoms with Gasteiger partial charge >= 0.3 is 0 Å². The van der Waals surface area contributed by atoms with Gasteiger partial charge in [-0.2, -0.15) is 11.3 Å². The van der Waals surface area contributed by atoms with Crippen molar-refractivity contribution >= 4 is 11.3 Å². The number of pyridine rings is 1. The zero-order valence-electron chi connectivity index (χ0n) is 7.90. The molecule has 0 saturated carbocycles. The molecule has 0 fully saturated rings. The van der Waals surface area contributed by atoms with E-state index < -0.39 is 0 Å². The van der Waals surface area contributed by atoms with Crippen molar-refractivity contribution in [3.05, 3.63) is 40.3 Å². The third kappa shape index (κ3) is 1.69. The Bertz CT molecular complexity index is 423. The number of aromatic nitrogens is 1. The highest BCUT2D eigenvalue weighted by atomic mass is 32.1. The van der Waals surface area contributed by atoms with Crippen LogP contribution in [0.5, 0.6) is 0 Å². The molecule has 2 heterocycles. The molecule has 0 radical (unpaired) electrons. The van der Waals surface area contributed by atoms with Crippen LogP contribution in [-0.2, 0) is 6.61 Å². The SMILES string of the molecule is Cc1ccc(-c2ccsc2)c(CO)n1. The van der Waals surface area contributed by atoms with Crippen molar-refractivity contribution in [1.82, 2.24) is 4.98 Å². The number of rotatable bonds is 2. The standard InChI is InChI=1S/C11H11NOS/c1-8-2-3-10(11(6-13)12-8)9-4-5-14-7-9/h2-5,7,13H,6H2,1H3. The molecule has 2 nitrogen and oxygen atoms in total. The Morgan fingerprint density at radius 1 is 1.36 bits per heavy atom. The first kappa shape index (κ1) is 9.37. The Morgan fingerprint density at radius 3 is 2.86 bits per heavy atom.